The number of hydrogen-bond acceptors (Lipinski definition) is 5. The van der Waals surface area contributed by atoms with Crippen molar-refractivity contribution in [1.29, 1.82) is 0 Å². The lowest BCUT2D eigenvalue weighted by Crippen LogP contribution is -2.55. The fourth-order valence-electron chi connectivity index (χ4n) is 4.49. The van der Waals surface area contributed by atoms with Crippen molar-refractivity contribution >= 4 is 17.7 Å². The minimum Gasteiger partial charge on any atom is -0.378 e. The third kappa shape index (κ3) is 4.87. The maximum atomic E-state index is 13.6. The Morgan fingerprint density at radius 3 is 1.97 bits per heavy atom. The molecule has 5 rings (SSSR count). The summed E-state index contributed by atoms with van der Waals surface area (Å²) in [7, 11) is 0. The third-order valence-corrected chi connectivity index (χ3v) is 6.63. The van der Waals surface area contributed by atoms with E-state index in [1.165, 1.54) is 9.80 Å². The van der Waals surface area contributed by atoms with Gasteiger partial charge in [-0.1, -0.05) is 48.0 Å². The molecule has 2 saturated heterocycles. The van der Waals surface area contributed by atoms with Gasteiger partial charge in [-0.2, -0.15) is 5.10 Å². The van der Waals surface area contributed by atoms with Gasteiger partial charge in [0.15, 0.2) is 0 Å². The molecule has 186 valence electrons. The summed E-state index contributed by atoms with van der Waals surface area (Å²) < 4.78 is 6.99. The SMILES string of the molecule is Cc1ccc(-c2nn(-c3ccccc3)cc2C(=O)N2CCN(C(=O)C(=O)N3CCOCC3)CC2)cc1. The highest BCUT2D eigenvalue weighted by Gasteiger charge is 2.32. The zero-order valence-electron chi connectivity index (χ0n) is 20.3. The Bertz CT molecular complexity index is 1240. The van der Waals surface area contributed by atoms with Crippen LogP contribution in [0.4, 0.5) is 0 Å². The van der Waals surface area contributed by atoms with Gasteiger partial charge < -0.3 is 19.4 Å². The van der Waals surface area contributed by atoms with Crippen molar-refractivity contribution in [1.82, 2.24) is 24.5 Å². The zero-order chi connectivity index (χ0) is 25.1. The predicted molar refractivity (Wildman–Crippen MR) is 134 cm³/mol. The quantitative estimate of drug-likeness (QED) is 0.528. The van der Waals surface area contributed by atoms with Crippen molar-refractivity contribution in [3.63, 3.8) is 0 Å². The summed E-state index contributed by atoms with van der Waals surface area (Å²) in [6.45, 7) is 5.09. The Morgan fingerprint density at radius 1 is 0.750 bits per heavy atom. The Balaban J connectivity index is 1.33. The molecule has 3 amide bonds. The molecule has 9 heteroatoms. The molecule has 0 atom stereocenters. The van der Waals surface area contributed by atoms with Crippen LogP contribution in [-0.4, -0.2) is 94.7 Å². The Kier molecular flexibility index (Phi) is 6.81. The zero-order valence-corrected chi connectivity index (χ0v) is 20.3. The van der Waals surface area contributed by atoms with Crippen LogP contribution in [-0.2, 0) is 14.3 Å². The second-order valence-electron chi connectivity index (χ2n) is 9.03. The summed E-state index contributed by atoms with van der Waals surface area (Å²) in [6.07, 6.45) is 1.77. The molecule has 2 aliphatic rings. The maximum absolute atomic E-state index is 13.6. The number of carbonyl (C=O) groups excluding carboxylic acids is 3. The van der Waals surface area contributed by atoms with E-state index in [1.54, 1.807) is 15.8 Å². The van der Waals surface area contributed by atoms with Gasteiger partial charge in [0.1, 0.15) is 5.69 Å². The second-order valence-corrected chi connectivity index (χ2v) is 9.03. The van der Waals surface area contributed by atoms with Crippen LogP contribution in [0, 0.1) is 6.92 Å². The molecule has 1 aromatic heterocycles. The van der Waals surface area contributed by atoms with Gasteiger partial charge in [-0.3, -0.25) is 14.4 Å². The molecule has 2 aliphatic heterocycles. The summed E-state index contributed by atoms with van der Waals surface area (Å²) in [6, 6.07) is 17.6. The lowest BCUT2D eigenvalue weighted by molar-refractivity contribution is -0.154. The Hall–Kier alpha value is -3.98. The lowest BCUT2D eigenvalue weighted by Gasteiger charge is -2.35. The topological polar surface area (TPSA) is 88.0 Å². The van der Waals surface area contributed by atoms with Crippen LogP contribution in [0.2, 0.25) is 0 Å². The summed E-state index contributed by atoms with van der Waals surface area (Å²) in [5, 5.41) is 4.76. The Morgan fingerprint density at radius 2 is 1.33 bits per heavy atom. The van der Waals surface area contributed by atoms with Gasteiger partial charge in [-0.15, -0.1) is 0 Å². The van der Waals surface area contributed by atoms with Gasteiger partial charge >= 0.3 is 11.8 Å². The molecule has 2 aromatic carbocycles. The molecule has 0 saturated carbocycles. The van der Waals surface area contributed by atoms with Crippen molar-refractivity contribution in [3.05, 3.63) is 71.9 Å². The lowest BCUT2D eigenvalue weighted by atomic mass is 10.1. The number of nitrogens with zero attached hydrogens (tertiary/aromatic N) is 5. The van der Waals surface area contributed by atoms with E-state index < -0.39 is 11.8 Å². The van der Waals surface area contributed by atoms with E-state index >= 15 is 0 Å². The molecule has 36 heavy (non-hydrogen) atoms. The molecule has 3 aromatic rings. The van der Waals surface area contributed by atoms with Gasteiger partial charge in [-0.05, 0) is 19.1 Å². The third-order valence-electron chi connectivity index (χ3n) is 6.63. The number of rotatable bonds is 3. The van der Waals surface area contributed by atoms with Crippen LogP contribution < -0.4 is 0 Å². The molecule has 0 aliphatic carbocycles. The number of morpholine rings is 1. The van der Waals surface area contributed by atoms with Gasteiger partial charge in [0.25, 0.3) is 5.91 Å². The molecule has 0 radical (unpaired) electrons. The normalized spacial score (nSPS) is 16.2. The first kappa shape index (κ1) is 23.7. The number of hydrogen-bond donors (Lipinski definition) is 0. The van der Waals surface area contributed by atoms with Crippen LogP contribution in [0.1, 0.15) is 15.9 Å². The van der Waals surface area contributed by atoms with Crippen molar-refractivity contribution in [2.45, 2.75) is 6.92 Å². The number of carbonyl (C=O) groups is 3. The summed E-state index contributed by atoms with van der Waals surface area (Å²) in [4.78, 5) is 43.8. The number of aromatic nitrogens is 2. The van der Waals surface area contributed by atoms with Crippen LogP contribution in [0.15, 0.2) is 60.8 Å². The second kappa shape index (κ2) is 10.3. The molecule has 3 heterocycles. The fourth-order valence-corrected chi connectivity index (χ4v) is 4.49. The number of ether oxygens (including phenoxy) is 1. The highest BCUT2D eigenvalue weighted by atomic mass is 16.5. The molecular formula is C27H29N5O4. The predicted octanol–water partition coefficient (Wildman–Crippen LogP) is 1.99. The van der Waals surface area contributed by atoms with Gasteiger partial charge in [0.2, 0.25) is 0 Å². The molecular weight excluding hydrogens is 458 g/mol. The molecule has 0 unspecified atom stereocenters. The summed E-state index contributed by atoms with van der Waals surface area (Å²) in [5.41, 5.74) is 3.98. The monoisotopic (exact) mass is 487 g/mol. The van der Waals surface area contributed by atoms with E-state index in [9.17, 15) is 14.4 Å². The molecule has 9 nitrogen and oxygen atoms in total. The molecule has 0 N–H and O–H groups in total. The summed E-state index contributed by atoms with van der Waals surface area (Å²) in [5.74, 6) is -1.15. The van der Waals surface area contributed by atoms with E-state index in [-0.39, 0.29) is 5.91 Å². The largest absolute Gasteiger partial charge is 0.378 e. The Labute approximate surface area is 209 Å². The van der Waals surface area contributed by atoms with Crippen LogP contribution in [0.5, 0.6) is 0 Å². The number of amides is 3. The molecule has 0 spiro atoms. The highest BCUT2D eigenvalue weighted by molar-refractivity contribution is 6.35. The van der Waals surface area contributed by atoms with E-state index in [2.05, 4.69) is 0 Å². The average molecular weight is 488 g/mol. The van der Waals surface area contributed by atoms with Crippen molar-refractivity contribution in [2.24, 2.45) is 0 Å². The first-order chi connectivity index (χ1) is 17.5. The van der Waals surface area contributed by atoms with Gasteiger partial charge in [0.05, 0.1) is 24.5 Å². The number of benzene rings is 2. The van der Waals surface area contributed by atoms with Crippen molar-refractivity contribution in [2.75, 3.05) is 52.5 Å². The van der Waals surface area contributed by atoms with E-state index in [0.717, 1.165) is 16.8 Å². The standard InChI is InChI=1S/C27H29N5O4/c1-20-7-9-21(10-8-20)24-23(19-32(28-24)22-5-3-2-4-6-22)25(33)29-11-13-30(14-12-29)26(34)27(35)31-15-17-36-18-16-31/h2-10,19H,11-18H2,1H3. The minimum absolute atomic E-state index is 0.139. The van der Waals surface area contributed by atoms with Crippen molar-refractivity contribution in [3.8, 4) is 16.9 Å². The van der Waals surface area contributed by atoms with Gasteiger partial charge in [0, 0.05) is 51.0 Å². The van der Waals surface area contributed by atoms with Crippen LogP contribution in [0.3, 0.4) is 0 Å². The number of piperazine rings is 1. The fraction of sp³-hybridized carbons (Fsp3) is 0.333. The van der Waals surface area contributed by atoms with Crippen LogP contribution in [0.25, 0.3) is 16.9 Å². The minimum atomic E-state index is -0.513. The van der Waals surface area contributed by atoms with E-state index in [1.807, 2.05) is 61.5 Å². The number of para-hydroxylation sites is 1. The molecule has 2 fully saturated rings. The molecule has 0 bridgehead atoms. The highest BCUT2D eigenvalue weighted by Crippen LogP contribution is 2.26. The first-order valence-electron chi connectivity index (χ1n) is 12.2. The summed E-state index contributed by atoms with van der Waals surface area (Å²) >= 11 is 0. The van der Waals surface area contributed by atoms with Crippen LogP contribution >= 0.6 is 0 Å². The average Bonchev–Trinajstić information content (AvgIpc) is 3.39. The van der Waals surface area contributed by atoms with Gasteiger partial charge in [-0.25, -0.2) is 4.68 Å². The van der Waals surface area contributed by atoms with E-state index in [0.29, 0.717) is 63.7 Å². The van der Waals surface area contributed by atoms with Crippen molar-refractivity contribution < 1.29 is 19.1 Å². The maximum Gasteiger partial charge on any atom is 0.312 e. The smallest absolute Gasteiger partial charge is 0.312 e. The number of aryl methyl sites for hydroxylation is 1. The first-order valence-corrected chi connectivity index (χ1v) is 12.2. The van der Waals surface area contributed by atoms with E-state index in [4.69, 9.17) is 9.84 Å².